The van der Waals surface area contributed by atoms with Crippen LogP contribution in [0.3, 0.4) is 0 Å². The molecule has 0 unspecified atom stereocenters. The van der Waals surface area contributed by atoms with Gasteiger partial charge in [-0.1, -0.05) is 0 Å². The van der Waals surface area contributed by atoms with E-state index in [0.29, 0.717) is 19.0 Å². The Bertz CT molecular complexity index is 377. The molecular formula is C7H13IN6O2. The standard InChI is InChI=1S/C7H12N6O2.HI/c1-9-7(8)10-2-3-12-5-6(4-11-12)13(14)15;/h4-5H,2-3H2,1H3,(H3,8,9,10);1H. The summed E-state index contributed by atoms with van der Waals surface area (Å²) in [6.45, 7) is 1.01. The van der Waals surface area contributed by atoms with Gasteiger partial charge in [0.05, 0.1) is 11.5 Å². The molecule has 16 heavy (non-hydrogen) atoms. The maximum absolute atomic E-state index is 10.3. The van der Waals surface area contributed by atoms with Crippen molar-refractivity contribution in [3.8, 4) is 0 Å². The van der Waals surface area contributed by atoms with Crippen LogP contribution in [0, 0.1) is 10.1 Å². The van der Waals surface area contributed by atoms with Crippen molar-refractivity contribution < 1.29 is 4.92 Å². The number of rotatable bonds is 4. The monoisotopic (exact) mass is 340 g/mol. The number of aliphatic imine (C=N–C) groups is 1. The molecule has 90 valence electrons. The fourth-order valence-electron chi connectivity index (χ4n) is 0.947. The van der Waals surface area contributed by atoms with Gasteiger partial charge in [0, 0.05) is 13.6 Å². The van der Waals surface area contributed by atoms with Gasteiger partial charge in [0.15, 0.2) is 5.96 Å². The first kappa shape index (κ1) is 14.6. The minimum absolute atomic E-state index is 0. The summed E-state index contributed by atoms with van der Waals surface area (Å²) >= 11 is 0. The van der Waals surface area contributed by atoms with Crippen molar-refractivity contribution in [2.75, 3.05) is 13.6 Å². The second-order valence-electron chi connectivity index (χ2n) is 2.75. The van der Waals surface area contributed by atoms with E-state index in [1.54, 1.807) is 7.05 Å². The molecule has 0 spiro atoms. The molecule has 1 heterocycles. The maximum atomic E-state index is 10.3. The van der Waals surface area contributed by atoms with Gasteiger partial charge >= 0.3 is 5.69 Å². The Morgan fingerprint density at radius 3 is 3.00 bits per heavy atom. The molecule has 3 N–H and O–H groups in total. The molecule has 0 aromatic carbocycles. The Labute approximate surface area is 109 Å². The van der Waals surface area contributed by atoms with Crippen molar-refractivity contribution in [2.24, 2.45) is 10.7 Å². The molecule has 0 bridgehead atoms. The molecule has 8 nitrogen and oxygen atoms in total. The summed E-state index contributed by atoms with van der Waals surface area (Å²) in [7, 11) is 1.57. The van der Waals surface area contributed by atoms with E-state index >= 15 is 0 Å². The van der Waals surface area contributed by atoms with E-state index in [4.69, 9.17) is 5.73 Å². The largest absolute Gasteiger partial charge is 0.370 e. The van der Waals surface area contributed by atoms with Crippen molar-refractivity contribution in [2.45, 2.75) is 6.54 Å². The second-order valence-corrected chi connectivity index (χ2v) is 2.75. The quantitative estimate of drug-likeness (QED) is 0.262. The summed E-state index contributed by atoms with van der Waals surface area (Å²) in [6, 6.07) is 0. The van der Waals surface area contributed by atoms with Crippen molar-refractivity contribution >= 4 is 35.6 Å². The lowest BCUT2D eigenvalue weighted by molar-refractivity contribution is -0.385. The zero-order valence-electron chi connectivity index (χ0n) is 8.66. The Balaban J connectivity index is 0.00000225. The lowest BCUT2D eigenvalue weighted by atomic mass is 10.6. The normalized spacial score (nSPS) is 10.7. The third-order valence-corrected chi connectivity index (χ3v) is 1.72. The average Bonchev–Trinajstić information content (AvgIpc) is 2.66. The lowest BCUT2D eigenvalue weighted by Crippen LogP contribution is -2.33. The molecule has 0 aliphatic carbocycles. The highest BCUT2D eigenvalue weighted by Gasteiger charge is 2.07. The Morgan fingerprint density at radius 1 is 1.81 bits per heavy atom. The minimum Gasteiger partial charge on any atom is -0.370 e. The summed E-state index contributed by atoms with van der Waals surface area (Å²) in [5.41, 5.74) is 5.37. The number of nitrogens with zero attached hydrogens (tertiary/aromatic N) is 4. The molecule has 1 rings (SSSR count). The zero-order valence-corrected chi connectivity index (χ0v) is 11.0. The topological polar surface area (TPSA) is 111 Å². The van der Waals surface area contributed by atoms with Crippen molar-refractivity contribution in [1.82, 2.24) is 15.1 Å². The van der Waals surface area contributed by atoms with Gasteiger partial charge in [0.25, 0.3) is 0 Å². The van der Waals surface area contributed by atoms with E-state index in [9.17, 15) is 10.1 Å². The summed E-state index contributed by atoms with van der Waals surface area (Å²) in [5.74, 6) is 0.330. The molecule has 9 heteroatoms. The molecule has 0 amide bonds. The fourth-order valence-corrected chi connectivity index (χ4v) is 0.947. The number of halogens is 1. The predicted molar refractivity (Wildman–Crippen MR) is 69.8 cm³/mol. The molecule has 0 fully saturated rings. The Hall–Kier alpha value is -1.39. The van der Waals surface area contributed by atoms with Crippen molar-refractivity contribution in [3.63, 3.8) is 0 Å². The van der Waals surface area contributed by atoms with E-state index in [1.807, 2.05) is 0 Å². The molecule has 0 saturated heterocycles. The first-order valence-corrected chi connectivity index (χ1v) is 4.26. The number of aromatic nitrogens is 2. The van der Waals surface area contributed by atoms with Crippen LogP contribution in [-0.4, -0.2) is 34.3 Å². The maximum Gasteiger partial charge on any atom is 0.306 e. The van der Waals surface area contributed by atoms with Crippen LogP contribution in [0.2, 0.25) is 0 Å². The van der Waals surface area contributed by atoms with Gasteiger partial charge in [-0.25, -0.2) is 0 Å². The zero-order chi connectivity index (χ0) is 11.3. The smallest absolute Gasteiger partial charge is 0.306 e. The van der Waals surface area contributed by atoms with Gasteiger partial charge in [-0.3, -0.25) is 19.8 Å². The number of guanidine groups is 1. The Kier molecular flexibility index (Phi) is 6.37. The van der Waals surface area contributed by atoms with Gasteiger partial charge in [0.1, 0.15) is 12.4 Å². The van der Waals surface area contributed by atoms with Gasteiger partial charge in [0.2, 0.25) is 0 Å². The molecule has 1 aromatic rings. The number of nitrogens with two attached hydrogens (primary N) is 1. The van der Waals surface area contributed by atoms with Crippen LogP contribution in [-0.2, 0) is 6.54 Å². The van der Waals surface area contributed by atoms with Crippen molar-refractivity contribution in [1.29, 1.82) is 0 Å². The number of nitro groups is 1. The third-order valence-electron chi connectivity index (χ3n) is 1.72. The SMILES string of the molecule is CN=C(N)NCCn1cc([N+](=O)[O-])cn1.I. The fraction of sp³-hybridized carbons (Fsp3) is 0.429. The van der Waals surface area contributed by atoms with E-state index in [1.165, 1.54) is 17.1 Å². The van der Waals surface area contributed by atoms with Crippen molar-refractivity contribution in [3.05, 3.63) is 22.5 Å². The minimum atomic E-state index is -0.487. The van der Waals surface area contributed by atoms with Crippen LogP contribution in [0.4, 0.5) is 5.69 Å². The number of hydrogen-bond donors (Lipinski definition) is 2. The Morgan fingerprint density at radius 2 is 2.50 bits per heavy atom. The molecule has 0 radical (unpaired) electrons. The molecule has 0 atom stereocenters. The lowest BCUT2D eigenvalue weighted by Gasteiger charge is -2.03. The summed E-state index contributed by atoms with van der Waals surface area (Å²) < 4.78 is 1.47. The van der Waals surface area contributed by atoms with Crippen LogP contribution < -0.4 is 11.1 Å². The summed E-state index contributed by atoms with van der Waals surface area (Å²) in [6.07, 6.45) is 2.57. The van der Waals surface area contributed by atoms with Crippen LogP contribution in [0.15, 0.2) is 17.4 Å². The van der Waals surface area contributed by atoms with E-state index in [2.05, 4.69) is 15.4 Å². The molecule has 0 aliphatic heterocycles. The first-order valence-electron chi connectivity index (χ1n) is 4.26. The van der Waals surface area contributed by atoms with Crippen LogP contribution in [0.5, 0.6) is 0 Å². The number of hydrogen-bond acceptors (Lipinski definition) is 4. The first-order chi connectivity index (χ1) is 7.13. The number of nitrogens with one attached hydrogen (secondary N) is 1. The third kappa shape index (κ3) is 4.42. The summed E-state index contributed by atoms with van der Waals surface area (Å²) in [4.78, 5) is 13.6. The highest BCUT2D eigenvalue weighted by Crippen LogP contribution is 2.06. The van der Waals surface area contributed by atoms with E-state index in [0.717, 1.165) is 0 Å². The van der Waals surface area contributed by atoms with Gasteiger partial charge in [-0.2, -0.15) is 5.10 Å². The van der Waals surface area contributed by atoms with Gasteiger partial charge < -0.3 is 11.1 Å². The van der Waals surface area contributed by atoms with Crippen LogP contribution in [0.25, 0.3) is 0 Å². The molecular weight excluding hydrogens is 327 g/mol. The van der Waals surface area contributed by atoms with Gasteiger partial charge in [-0.05, 0) is 0 Å². The van der Waals surface area contributed by atoms with Crippen LogP contribution in [0.1, 0.15) is 0 Å². The predicted octanol–water partition coefficient (Wildman–Crippen LogP) is -0.0566. The van der Waals surface area contributed by atoms with Gasteiger partial charge in [-0.15, -0.1) is 24.0 Å². The highest BCUT2D eigenvalue weighted by atomic mass is 127. The second kappa shape index (κ2) is 6.98. The molecule has 0 aliphatic rings. The average molecular weight is 340 g/mol. The van der Waals surface area contributed by atoms with E-state index in [-0.39, 0.29) is 29.7 Å². The molecule has 0 saturated carbocycles. The van der Waals surface area contributed by atoms with Crippen LogP contribution >= 0.6 is 24.0 Å². The summed E-state index contributed by atoms with van der Waals surface area (Å²) in [5, 5.41) is 17.0. The molecule has 1 aromatic heterocycles. The highest BCUT2D eigenvalue weighted by molar-refractivity contribution is 14.0. The van der Waals surface area contributed by atoms with E-state index < -0.39 is 4.92 Å².